The fourth-order valence-electron chi connectivity index (χ4n) is 1.54. The van der Waals surface area contributed by atoms with E-state index in [1.54, 1.807) is 17.1 Å². The van der Waals surface area contributed by atoms with E-state index in [2.05, 4.69) is 11.2 Å². The second kappa shape index (κ2) is 3.12. The van der Waals surface area contributed by atoms with E-state index < -0.39 is 5.54 Å². The van der Waals surface area contributed by atoms with Crippen LogP contribution < -0.4 is 0 Å². The van der Waals surface area contributed by atoms with Gasteiger partial charge >= 0.3 is 0 Å². The average molecular weight is 192 g/mol. The third kappa shape index (κ3) is 1.31. The number of hydrogen-bond acceptors (Lipinski definition) is 2. The maximum atomic E-state index is 12.0. The molecule has 1 aromatic heterocycles. The summed E-state index contributed by atoms with van der Waals surface area (Å²) in [6, 6.07) is 2.85. The number of carbonyl (C=O) groups is 1. The quantitative estimate of drug-likeness (QED) is 0.690. The van der Waals surface area contributed by atoms with E-state index in [9.17, 15) is 4.79 Å². The number of hydrogen-bond donors (Lipinski definition) is 0. The molecule has 0 atom stereocenters. The van der Waals surface area contributed by atoms with Crippen molar-refractivity contribution < 1.29 is 4.79 Å². The van der Waals surface area contributed by atoms with Gasteiger partial charge in [-0.15, -0.1) is 0 Å². The number of aromatic nitrogens is 2. The highest BCUT2D eigenvalue weighted by Crippen LogP contribution is 2.20. The van der Waals surface area contributed by atoms with Crippen LogP contribution in [0.2, 0.25) is 0 Å². The van der Waals surface area contributed by atoms with Crippen LogP contribution in [-0.4, -0.2) is 33.7 Å². The molecule has 0 spiro atoms. The molecule has 1 aliphatic heterocycles. The molecule has 75 valence electrons. The van der Waals surface area contributed by atoms with Crippen molar-refractivity contribution in [1.82, 2.24) is 14.7 Å². The smallest absolute Gasteiger partial charge is 0.249 e. The van der Waals surface area contributed by atoms with E-state index in [0.717, 1.165) is 19.5 Å². The molecule has 1 amide bonds. The van der Waals surface area contributed by atoms with Crippen molar-refractivity contribution in [3.8, 4) is 0 Å². The highest BCUT2D eigenvalue weighted by molar-refractivity contribution is 5.84. The number of likely N-dealkylation sites (tertiary alicyclic amines) is 1. The van der Waals surface area contributed by atoms with Crippen LogP contribution >= 0.6 is 0 Å². The van der Waals surface area contributed by atoms with Crippen LogP contribution in [0.5, 0.6) is 0 Å². The van der Waals surface area contributed by atoms with Gasteiger partial charge in [0.25, 0.3) is 0 Å². The lowest BCUT2D eigenvalue weighted by molar-refractivity contribution is -0.143. The molecular formula is C10H14N3O. The highest BCUT2D eigenvalue weighted by atomic mass is 16.2. The third-order valence-electron chi connectivity index (χ3n) is 2.69. The first-order valence-electron chi connectivity index (χ1n) is 4.83. The van der Waals surface area contributed by atoms with E-state index in [1.165, 1.54) is 0 Å². The molecule has 0 bridgehead atoms. The second-order valence-electron chi connectivity index (χ2n) is 4.09. The van der Waals surface area contributed by atoms with Crippen molar-refractivity contribution in [3.05, 3.63) is 18.5 Å². The van der Waals surface area contributed by atoms with Crippen molar-refractivity contribution >= 4 is 5.91 Å². The van der Waals surface area contributed by atoms with E-state index >= 15 is 0 Å². The van der Waals surface area contributed by atoms with Crippen LogP contribution in [0.25, 0.3) is 0 Å². The van der Waals surface area contributed by atoms with Gasteiger partial charge in [-0.1, -0.05) is 0 Å². The first kappa shape index (κ1) is 9.24. The Morgan fingerprint density at radius 2 is 2.21 bits per heavy atom. The molecular weight excluding hydrogens is 178 g/mol. The van der Waals surface area contributed by atoms with Gasteiger partial charge in [0, 0.05) is 25.4 Å². The van der Waals surface area contributed by atoms with Crippen LogP contribution in [0.4, 0.5) is 0 Å². The Morgan fingerprint density at radius 1 is 1.50 bits per heavy atom. The van der Waals surface area contributed by atoms with Gasteiger partial charge in [-0.2, -0.15) is 5.10 Å². The van der Waals surface area contributed by atoms with Gasteiger partial charge in [-0.25, -0.2) is 0 Å². The maximum Gasteiger partial charge on any atom is 0.249 e. The SMILES string of the molecule is CC(C)(C(=O)N1CCC1)n1c[c]cn1. The molecule has 0 N–H and O–H groups in total. The number of nitrogens with zero attached hydrogens (tertiary/aromatic N) is 3. The van der Waals surface area contributed by atoms with Crippen molar-refractivity contribution in [2.75, 3.05) is 13.1 Å². The molecule has 2 rings (SSSR count). The fraction of sp³-hybridized carbons (Fsp3) is 0.600. The molecule has 0 aromatic carbocycles. The fourth-order valence-corrected chi connectivity index (χ4v) is 1.54. The van der Waals surface area contributed by atoms with Gasteiger partial charge in [0.05, 0.1) is 6.20 Å². The van der Waals surface area contributed by atoms with Crippen molar-refractivity contribution in [2.24, 2.45) is 0 Å². The minimum atomic E-state index is -0.583. The molecule has 4 heteroatoms. The lowest BCUT2D eigenvalue weighted by atomic mass is 10.0. The summed E-state index contributed by atoms with van der Waals surface area (Å²) in [6.45, 7) is 5.53. The number of rotatable bonds is 2. The molecule has 14 heavy (non-hydrogen) atoms. The Hall–Kier alpha value is -1.32. The summed E-state index contributed by atoms with van der Waals surface area (Å²) >= 11 is 0. The first-order chi connectivity index (χ1) is 6.62. The molecule has 2 heterocycles. The highest BCUT2D eigenvalue weighted by Gasteiger charge is 2.36. The van der Waals surface area contributed by atoms with Crippen LogP contribution in [0.15, 0.2) is 12.4 Å². The maximum absolute atomic E-state index is 12.0. The summed E-state index contributed by atoms with van der Waals surface area (Å²) in [5.41, 5.74) is -0.583. The summed E-state index contributed by atoms with van der Waals surface area (Å²) in [7, 11) is 0. The second-order valence-corrected chi connectivity index (χ2v) is 4.09. The predicted molar refractivity (Wildman–Crippen MR) is 51.6 cm³/mol. The topological polar surface area (TPSA) is 38.1 Å². The Balaban J connectivity index is 2.18. The van der Waals surface area contributed by atoms with E-state index in [0.29, 0.717) is 0 Å². The zero-order valence-corrected chi connectivity index (χ0v) is 8.53. The monoisotopic (exact) mass is 192 g/mol. The summed E-state index contributed by atoms with van der Waals surface area (Å²) in [6.07, 6.45) is 4.40. The van der Waals surface area contributed by atoms with Gasteiger partial charge in [0.2, 0.25) is 5.91 Å². The summed E-state index contributed by atoms with van der Waals surface area (Å²) < 4.78 is 1.66. The largest absolute Gasteiger partial charge is 0.340 e. The molecule has 1 saturated heterocycles. The summed E-state index contributed by atoms with van der Waals surface area (Å²) in [5, 5.41) is 4.06. The van der Waals surface area contributed by atoms with Crippen LogP contribution in [-0.2, 0) is 10.3 Å². The average Bonchev–Trinajstić information content (AvgIpc) is 2.52. The molecule has 1 radical (unpaired) electrons. The zero-order chi connectivity index (χ0) is 10.2. The van der Waals surface area contributed by atoms with Crippen molar-refractivity contribution in [3.63, 3.8) is 0 Å². The van der Waals surface area contributed by atoms with Crippen LogP contribution in [0.1, 0.15) is 20.3 Å². The molecule has 1 fully saturated rings. The normalized spacial score (nSPS) is 16.6. The third-order valence-corrected chi connectivity index (χ3v) is 2.69. The standard InChI is InChI=1S/C10H14N3O/c1-10(2,13-8-3-5-11-13)9(14)12-6-4-7-12/h5,8H,4,6-7H2,1-2H3. The van der Waals surface area contributed by atoms with Crippen molar-refractivity contribution in [1.29, 1.82) is 0 Å². The Morgan fingerprint density at radius 3 is 2.64 bits per heavy atom. The Kier molecular flexibility index (Phi) is 2.06. The predicted octanol–water partition coefficient (Wildman–Crippen LogP) is 0.651. The molecule has 0 saturated carbocycles. The lowest BCUT2D eigenvalue weighted by Crippen LogP contribution is -2.52. The van der Waals surface area contributed by atoms with Crippen molar-refractivity contribution in [2.45, 2.75) is 25.8 Å². The Labute approximate surface area is 83.5 Å². The van der Waals surface area contributed by atoms with Gasteiger partial charge in [-0.3, -0.25) is 9.48 Å². The summed E-state index contributed by atoms with van der Waals surface area (Å²) in [4.78, 5) is 13.9. The molecule has 0 unspecified atom stereocenters. The van der Waals surface area contributed by atoms with E-state index in [4.69, 9.17) is 0 Å². The van der Waals surface area contributed by atoms with Gasteiger partial charge < -0.3 is 4.90 Å². The lowest BCUT2D eigenvalue weighted by Gasteiger charge is -2.37. The van der Waals surface area contributed by atoms with Crippen LogP contribution in [0.3, 0.4) is 0 Å². The molecule has 0 aliphatic carbocycles. The molecule has 4 nitrogen and oxygen atoms in total. The van der Waals surface area contributed by atoms with Gasteiger partial charge in [0.15, 0.2) is 0 Å². The first-order valence-corrected chi connectivity index (χ1v) is 4.83. The minimum absolute atomic E-state index is 0.140. The minimum Gasteiger partial charge on any atom is -0.340 e. The zero-order valence-electron chi connectivity index (χ0n) is 8.53. The Bertz CT molecular complexity index is 325. The van der Waals surface area contributed by atoms with E-state index in [1.807, 2.05) is 18.7 Å². The van der Waals surface area contributed by atoms with E-state index in [-0.39, 0.29) is 5.91 Å². The van der Waals surface area contributed by atoms with Gasteiger partial charge in [0.1, 0.15) is 5.54 Å². The molecule has 1 aliphatic rings. The van der Waals surface area contributed by atoms with Gasteiger partial charge in [-0.05, 0) is 20.3 Å². The number of carbonyl (C=O) groups excluding carboxylic acids is 1. The number of amides is 1. The summed E-state index contributed by atoms with van der Waals surface area (Å²) in [5.74, 6) is 0.140. The van der Waals surface area contributed by atoms with Crippen LogP contribution in [0, 0.1) is 6.07 Å². The molecule has 1 aromatic rings.